The first-order valence-corrected chi connectivity index (χ1v) is 19.1. The summed E-state index contributed by atoms with van der Waals surface area (Å²) in [4.78, 5) is 2.43. The minimum Gasteiger partial charge on any atom is -0.456 e. The van der Waals surface area contributed by atoms with Crippen LogP contribution in [0.3, 0.4) is 0 Å². The fourth-order valence-electron chi connectivity index (χ4n) is 7.94. The van der Waals surface area contributed by atoms with Gasteiger partial charge in [0.2, 0.25) is 0 Å². The number of rotatable bonds is 8. The summed E-state index contributed by atoms with van der Waals surface area (Å²) in [6, 6.07) is 80.2. The number of nitrogens with zero attached hydrogens (tertiary/aromatic N) is 1. The summed E-state index contributed by atoms with van der Waals surface area (Å²) in [6.45, 7) is 0. The average Bonchev–Trinajstić information content (AvgIpc) is 3.67. The van der Waals surface area contributed by atoms with E-state index in [0.717, 1.165) is 61.3 Å². The highest BCUT2D eigenvalue weighted by Crippen LogP contribution is 2.48. The van der Waals surface area contributed by atoms with Gasteiger partial charge in [0.1, 0.15) is 11.2 Å². The Morgan fingerprint density at radius 2 is 0.714 bits per heavy atom. The third kappa shape index (κ3) is 6.24. The molecule has 10 aromatic rings. The molecule has 0 spiro atoms. The van der Waals surface area contributed by atoms with Crippen molar-refractivity contribution in [3.05, 3.63) is 224 Å². The Labute approximate surface area is 327 Å². The summed E-state index contributed by atoms with van der Waals surface area (Å²) in [7, 11) is 0. The second-order valence-corrected chi connectivity index (χ2v) is 14.1. The number of anilines is 3. The van der Waals surface area contributed by atoms with E-state index < -0.39 is 0 Å². The van der Waals surface area contributed by atoms with Crippen LogP contribution >= 0.6 is 0 Å². The van der Waals surface area contributed by atoms with Crippen molar-refractivity contribution in [3.63, 3.8) is 0 Å². The molecule has 0 radical (unpaired) electrons. The molecule has 10 rings (SSSR count). The largest absolute Gasteiger partial charge is 0.456 e. The van der Waals surface area contributed by atoms with Crippen LogP contribution in [0.15, 0.2) is 229 Å². The van der Waals surface area contributed by atoms with Gasteiger partial charge >= 0.3 is 0 Å². The Kier molecular flexibility index (Phi) is 8.55. The molecule has 0 aliphatic heterocycles. The quantitative estimate of drug-likeness (QED) is 0.156. The predicted octanol–water partition coefficient (Wildman–Crippen LogP) is 15.4. The van der Waals surface area contributed by atoms with E-state index in [1.807, 2.05) is 6.07 Å². The van der Waals surface area contributed by atoms with Gasteiger partial charge < -0.3 is 9.32 Å². The summed E-state index contributed by atoms with van der Waals surface area (Å²) >= 11 is 0. The van der Waals surface area contributed by atoms with Crippen LogP contribution in [-0.2, 0) is 0 Å². The molecular weight excluding hydrogens is 679 g/mol. The molecular formula is C54H37NO. The predicted molar refractivity (Wildman–Crippen MR) is 236 cm³/mol. The molecule has 1 heterocycles. The van der Waals surface area contributed by atoms with E-state index in [4.69, 9.17) is 4.42 Å². The van der Waals surface area contributed by atoms with Gasteiger partial charge in [-0.25, -0.2) is 0 Å². The Morgan fingerprint density at radius 3 is 1.25 bits per heavy atom. The van der Waals surface area contributed by atoms with Crippen LogP contribution in [0.4, 0.5) is 17.1 Å². The van der Waals surface area contributed by atoms with Gasteiger partial charge in [-0.1, -0.05) is 176 Å². The summed E-state index contributed by atoms with van der Waals surface area (Å²) < 4.78 is 6.55. The van der Waals surface area contributed by atoms with Crippen molar-refractivity contribution < 1.29 is 4.42 Å². The first-order valence-electron chi connectivity index (χ1n) is 19.1. The molecule has 2 heteroatoms. The normalized spacial score (nSPS) is 11.2. The summed E-state index contributed by atoms with van der Waals surface area (Å²) in [6.07, 6.45) is 0. The highest BCUT2D eigenvalue weighted by molar-refractivity contribution is 6.16. The first-order chi connectivity index (χ1) is 27.8. The van der Waals surface area contributed by atoms with Crippen molar-refractivity contribution in [2.75, 3.05) is 4.90 Å². The molecule has 0 amide bonds. The topological polar surface area (TPSA) is 16.4 Å². The lowest BCUT2D eigenvalue weighted by Crippen LogP contribution is -2.12. The fraction of sp³-hybridized carbons (Fsp3) is 0. The number of benzene rings is 9. The molecule has 0 aliphatic rings. The second-order valence-electron chi connectivity index (χ2n) is 14.1. The van der Waals surface area contributed by atoms with Crippen molar-refractivity contribution >= 4 is 39.0 Å². The zero-order valence-electron chi connectivity index (χ0n) is 30.7. The van der Waals surface area contributed by atoms with Crippen LogP contribution in [-0.4, -0.2) is 0 Å². The zero-order valence-corrected chi connectivity index (χ0v) is 30.7. The number of hydrogen-bond donors (Lipinski definition) is 0. The number of fused-ring (bicyclic) bond motifs is 3. The minimum absolute atomic E-state index is 0.861. The van der Waals surface area contributed by atoms with Crippen LogP contribution in [0.5, 0.6) is 0 Å². The van der Waals surface area contributed by atoms with Crippen LogP contribution in [0, 0.1) is 0 Å². The Morgan fingerprint density at radius 1 is 0.286 bits per heavy atom. The number of hydrogen-bond acceptors (Lipinski definition) is 2. The van der Waals surface area contributed by atoms with Crippen molar-refractivity contribution in [1.82, 2.24) is 0 Å². The lowest BCUT2D eigenvalue weighted by molar-refractivity contribution is 0.669. The lowest BCUT2D eigenvalue weighted by atomic mass is 9.93. The molecule has 0 atom stereocenters. The molecule has 0 bridgehead atoms. The maximum atomic E-state index is 6.55. The summed E-state index contributed by atoms with van der Waals surface area (Å²) in [5, 5.41) is 2.19. The molecule has 1 aromatic heterocycles. The third-order valence-corrected chi connectivity index (χ3v) is 10.7. The van der Waals surface area contributed by atoms with Crippen molar-refractivity contribution in [2.24, 2.45) is 0 Å². The molecule has 0 fully saturated rings. The second kappa shape index (κ2) is 14.4. The molecule has 0 unspecified atom stereocenters. The van der Waals surface area contributed by atoms with Gasteiger partial charge in [-0.15, -0.1) is 0 Å². The van der Waals surface area contributed by atoms with E-state index in [0.29, 0.717) is 0 Å². The van der Waals surface area contributed by atoms with Crippen molar-refractivity contribution in [1.29, 1.82) is 0 Å². The van der Waals surface area contributed by atoms with Crippen LogP contribution in [0.2, 0.25) is 0 Å². The summed E-state index contributed by atoms with van der Waals surface area (Å²) in [5.74, 6) is 0. The van der Waals surface area contributed by atoms with Gasteiger partial charge in [0.05, 0.1) is 5.69 Å². The highest BCUT2D eigenvalue weighted by atomic mass is 16.3. The van der Waals surface area contributed by atoms with E-state index >= 15 is 0 Å². The van der Waals surface area contributed by atoms with Gasteiger partial charge in [0, 0.05) is 27.7 Å². The third-order valence-electron chi connectivity index (χ3n) is 10.7. The van der Waals surface area contributed by atoms with Crippen LogP contribution < -0.4 is 4.90 Å². The summed E-state index contributed by atoms with van der Waals surface area (Å²) in [5.41, 5.74) is 16.5. The Hall–Kier alpha value is -7.42. The molecule has 9 aromatic carbocycles. The molecule has 0 N–H and O–H groups in total. The molecule has 56 heavy (non-hydrogen) atoms. The maximum absolute atomic E-state index is 6.55. The van der Waals surface area contributed by atoms with Gasteiger partial charge in [-0.05, 0) is 98.6 Å². The van der Waals surface area contributed by atoms with E-state index in [2.05, 4.69) is 223 Å². The molecule has 0 aliphatic carbocycles. The van der Waals surface area contributed by atoms with Gasteiger partial charge in [-0.3, -0.25) is 0 Å². The molecule has 264 valence electrons. The Bertz CT molecular complexity index is 2860. The SMILES string of the molecule is c1ccc(-c2ccc(-c3c(N(c4ccc(-c5ccccc5)cc4)c4cc(-c5ccccc5)cc(-c5ccccc5)c4)ccc4oc5ccccc5c34)cc2)cc1. The monoisotopic (exact) mass is 715 g/mol. The standard InChI is InChI=1S/C54H37NO/c1-5-15-38(16-6-1)42-25-27-44(28-26-42)53-50(33-34-52-54(53)49-23-13-14-24-51(49)56-52)55(47-31-29-43(30-32-47)39-17-7-2-8-18-39)48-36-45(40-19-9-3-10-20-40)35-46(37-48)41-21-11-4-12-22-41/h1-37H. The zero-order chi connectivity index (χ0) is 37.3. The van der Waals surface area contributed by atoms with Crippen LogP contribution in [0.25, 0.3) is 77.6 Å². The Balaban J connectivity index is 1.25. The van der Waals surface area contributed by atoms with Gasteiger partial charge in [0.25, 0.3) is 0 Å². The molecule has 2 nitrogen and oxygen atoms in total. The lowest BCUT2D eigenvalue weighted by Gasteiger charge is -2.29. The number of para-hydroxylation sites is 1. The van der Waals surface area contributed by atoms with E-state index in [1.54, 1.807) is 0 Å². The smallest absolute Gasteiger partial charge is 0.136 e. The van der Waals surface area contributed by atoms with E-state index in [-0.39, 0.29) is 0 Å². The van der Waals surface area contributed by atoms with E-state index in [9.17, 15) is 0 Å². The molecule has 0 saturated heterocycles. The van der Waals surface area contributed by atoms with Crippen molar-refractivity contribution in [2.45, 2.75) is 0 Å². The minimum atomic E-state index is 0.861. The maximum Gasteiger partial charge on any atom is 0.136 e. The average molecular weight is 716 g/mol. The first kappa shape index (κ1) is 33.2. The van der Waals surface area contributed by atoms with E-state index in [1.165, 1.54) is 33.4 Å². The fourth-order valence-corrected chi connectivity index (χ4v) is 7.94. The van der Waals surface area contributed by atoms with Gasteiger partial charge in [0.15, 0.2) is 0 Å². The van der Waals surface area contributed by atoms with Crippen LogP contribution in [0.1, 0.15) is 0 Å². The molecule has 0 saturated carbocycles. The van der Waals surface area contributed by atoms with Gasteiger partial charge in [-0.2, -0.15) is 0 Å². The van der Waals surface area contributed by atoms with Crippen molar-refractivity contribution in [3.8, 4) is 55.6 Å². The highest BCUT2D eigenvalue weighted by Gasteiger charge is 2.24. The number of furan rings is 1.